The summed E-state index contributed by atoms with van der Waals surface area (Å²) in [6.45, 7) is 6.62. The highest BCUT2D eigenvalue weighted by Gasteiger charge is 2.17. The van der Waals surface area contributed by atoms with Crippen molar-refractivity contribution in [3.63, 3.8) is 0 Å². The van der Waals surface area contributed by atoms with Gasteiger partial charge in [0.05, 0.1) is 6.04 Å². The van der Waals surface area contributed by atoms with Gasteiger partial charge in [-0.3, -0.25) is 4.79 Å². The van der Waals surface area contributed by atoms with E-state index in [0.29, 0.717) is 5.92 Å². The lowest BCUT2D eigenvalue weighted by atomic mass is 9.96. The maximum absolute atomic E-state index is 12.8. The van der Waals surface area contributed by atoms with Crippen LogP contribution in [0.1, 0.15) is 61.5 Å². The Labute approximate surface area is 157 Å². The first-order valence-corrected chi connectivity index (χ1v) is 9.84. The first-order valence-electron chi connectivity index (χ1n) is 9.84. The minimum absolute atomic E-state index is 0.00435. The van der Waals surface area contributed by atoms with Crippen LogP contribution in [0.25, 0.3) is 0 Å². The van der Waals surface area contributed by atoms with Gasteiger partial charge in [0.1, 0.15) is 0 Å². The molecule has 0 unspecified atom stereocenters. The summed E-state index contributed by atoms with van der Waals surface area (Å²) in [7, 11) is 0. The van der Waals surface area contributed by atoms with E-state index in [9.17, 15) is 4.79 Å². The van der Waals surface area contributed by atoms with Crippen LogP contribution < -0.4 is 10.2 Å². The van der Waals surface area contributed by atoms with Gasteiger partial charge < -0.3 is 10.2 Å². The van der Waals surface area contributed by atoms with Crippen molar-refractivity contribution in [2.75, 3.05) is 18.0 Å². The van der Waals surface area contributed by atoms with Crippen molar-refractivity contribution in [1.82, 2.24) is 5.32 Å². The molecule has 1 amide bonds. The highest BCUT2D eigenvalue weighted by Crippen LogP contribution is 2.23. The van der Waals surface area contributed by atoms with Crippen LogP contribution in [-0.4, -0.2) is 19.0 Å². The molecule has 1 aliphatic rings. The van der Waals surface area contributed by atoms with Gasteiger partial charge in [0.25, 0.3) is 5.91 Å². The maximum Gasteiger partial charge on any atom is 0.251 e. The molecule has 2 aromatic rings. The van der Waals surface area contributed by atoms with E-state index in [0.717, 1.165) is 25.1 Å². The fourth-order valence-corrected chi connectivity index (χ4v) is 3.65. The molecule has 1 atom stereocenters. The number of rotatable bonds is 6. The lowest BCUT2D eigenvalue weighted by molar-refractivity contribution is 0.0932. The Morgan fingerprint density at radius 1 is 0.962 bits per heavy atom. The molecule has 138 valence electrons. The van der Waals surface area contributed by atoms with Gasteiger partial charge in [-0.15, -0.1) is 0 Å². The van der Waals surface area contributed by atoms with Gasteiger partial charge in [0.2, 0.25) is 0 Å². The van der Waals surface area contributed by atoms with Crippen molar-refractivity contribution in [3.8, 4) is 0 Å². The van der Waals surface area contributed by atoms with E-state index in [1.807, 2.05) is 30.3 Å². The van der Waals surface area contributed by atoms with Crippen LogP contribution in [0.2, 0.25) is 0 Å². The van der Waals surface area contributed by atoms with Crippen LogP contribution >= 0.6 is 0 Å². The first-order chi connectivity index (χ1) is 12.6. The molecule has 0 bridgehead atoms. The van der Waals surface area contributed by atoms with Crippen LogP contribution in [0.15, 0.2) is 54.6 Å². The molecular weight excluding hydrogens is 320 g/mol. The van der Waals surface area contributed by atoms with Crippen molar-refractivity contribution in [3.05, 3.63) is 65.7 Å². The molecule has 0 radical (unpaired) electrons. The SMILES string of the molecule is CC(C)C[C@H](NC(=O)c1ccc(N2CCCCC2)cc1)c1ccccc1. The van der Waals surface area contributed by atoms with E-state index < -0.39 is 0 Å². The van der Waals surface area contributed by atoms with E-state index in [1.165, 1.54) is 30.5 Å². The third-order valence-electron chi connectivity index (χ3n) is 5.07. The lowest BCUT2D eigenvalue weighted by Crippen LogP contribution is -2.30. The van der Waals surface area contributed by atoms with Crippen LogP contribution in [0.4, 0.5) is 5.69 Å². The van der Waals surface area contributed by atoms with Crippen LogP contribution in [0, 0.1) is 5.92 Å². The van der Waals surface area contributed by atoms with E-state index in [-0.39, 0.29) is 11.9 Å². The molecule has 1 heterocycles. The largest absolute Gasteiger partial charge is 0.372 e. The summed E-state index contributed by atoms with van der Waals surface area (Å²) in [5, 5.41) is 3.23. The first kappa shape index (κ1) is 18.5. The summed E-state index contributed by atoms with van der Waals surface area (Å²) in [4.78, 5) is 15.2. The summed E-state index contributed by atoms with van der Waals surface area (Å²) < 4.78 is 0. The number of carbonyl (C=O) groups is 1. The van der Waals surface area contributed by atoms with E-state index in [2.05, 4.69) is 48.3 Å². The number of amides is 1. The fourth-order valence-electron chi connectivity index (χ4n) is 3.65. The summed E-state index contributed by atoms with van der Waals surface area (Å²) in [6, 6.07) is 18.4. The molecule has 0 aromatic heterocycles. The van der Waals surface area contributed by atoms with Crippen molar-refractivity contribution in [2.24, 2.45) is 5.92 Å². The van der Waals surface area contributed by atoms with Crippen molar-refractivity contribution in [2.45, 2.75) is 45.6 Å². The molecule has 3 heteroatoms. The normalized spacial score (nSPS) is 15.7. The third kappa shape index (κ3) is 4.87. The van der Waals surface area contributed by atoms with Gasteiger partial charge in [0.15, 0.2) is 0 Å². The minimum Gasteiger partial charge on any atom is -0.372 e. The van der Waals surface area contributed by atoms with Gasteiger partial charge in [-0.05, 0) is 61.4 Å². The highest BCUT2D eigenvalue weighted by atomic mass is 16.1. The highest BCUT2D eigenvalue weighted by molar-refractivity contribution is 5.94. The third-order valence-corrected chi connectivity index (χ3v) is 5.07. The summed E-state index contributed by atoms with van der Waals surface area (Å²) in [6.07, 6.45) is 4.78. The second kappa shape index (κ2) is 8.88. The van der Waals surface area contributed by atoms with Crippen molar-refractivity contribution in [1.29, 1.82) is 0 Å². The average Bonchev–Trinajstić information content (AvgIpc) is 2.68. The Morgan fingerprint density at radius 2 is 1.62 bits per heavy atom. The van der Waals surface area contributed by atoms with E-state index in [4.69, 9.17) is 0 Å². The molecule has 1 fully saturated rings. The number of hydrogen-bond donors (Lipinski definition) is 1. The van der Waals surface area contributed by atoms with Gasteiger partial charge in [-0.2, -0.15) is 0 Å². The summed E-state index contributed by atoms with van der Waals surface area (Å²) in [5.41, 5.74) is 3.12. The quantitative estimate of drug-likeness (QED) is 0.777. The molecule has 3 nitrogen and oxygen atoms in total. The summed E-state index contributed by atoms with van der Waals surface area (Å²) in [5.74, 6) is 0.520. The second-order valence-corrected chi connectivity index (χ2v) is 7.66. The zero-order valence-corrected chi connectivity index (χ0v) is 15.9. The standard InChI is InChI=1S/C23H30N2O/c1-18(2)17-22(19-9-5-3-6-10-19)24-23(26)20-11-13-21(14-12-20)25-15-7-4-8-16-25/h3,5-6,9-14,18,22H,4,7-8,15-17H2,1-2H3,(H,24,26)/t22-/m0/s1. The minimum atomic E-state index is 0.00435. The molecule has 3 rings (SSSR count). The molecule has 0 saturated carbocycles. The monoisotopic (exact) mass is 350 g/mol. The molecule has 2 aromatic carbocycles. The van der Waals surface area contributed by atoms with Crippen LogP contribution in [-0.2, 0) is 0 Å². The Hall–Kier alpha value is -2.29. The fraction of sp³-hybridized carbons (Fsp3) is 0.435. The van der Waals surface area contributed by atoms with Crippen LogP contribution in [0.3, 0.4) is 0 Å². The number of benzene rings is 2. The van der Waals surface area contributed by atoms with Gasteiger partial charge in [-0.1, -0.05) is 44.2 Å². The van der Waals surface area contributed by atoms with Gasteiger partial charge >= 0.3 is 0 Å². The van der Waals surface area contributed by atoms with Crippen molar-refractivity contribution < 1.29 is 4.79 Å². The maximum atomic E-state index is 12.8. The topological polar surface area (TPSA) is 32.3 Å². The van der Waals surface area contributed by atoms with Crippen molar-refractivity contribution >= 4 is 11.6 Å². The molecule has 26 heavy (non-hydrogen) atoms. The molecular formula is C23H30N2O. The second-order valence-electron chi connectivity index (χ2n) is 7.66. The number of piperidine rings is 1. The number of nitrogens with zero attached hydrogens (tertiary/aromatic N) is 1. The van der Waals surface area contributed by atoms with Gasteiger partial charge in [-0.25, -0.2) is 0 Å². The summed E-state index contributed by atoms with van der Waals surface area (Å²) >= 11 is 0. The number of nitrogens with one attached hydrogen (secondary N) is 1. The number of carbonyl (C=O) groups excluding carboxylic acids is 1. The zero-order chi connectivity index (χ0) is 18.4. The molecule has 1 N–H and O–H groups in total. The number of anilines is 1. The predicted molar refractivity (Wildman–Crippen MR) is 109 cm³/mol. The molecule has 1 saturated heterocycles. The Morgan fingerprint density at radius 3 is 2.23 bits per heavy atom. The zero-order valence-electron chi connectivity index (χ0n) is 15.9. The average molecular weight is 351 g/mol. The number of hydrogen-bond acceptors (Lipinski definition) is 2. The smallest absolute Gasteiger partial charge is 0.251 e. The molecule has 0 aliphatic carbocycles. The van der Waals surface area contributed by atoms with Crippen LogP contribution in [0.5, 0.6) is 0 Å². The lowest BCUT2D eigenvalue weighted by Gasteiger charge is -2.29. The Bertz CT molecular complexity index is 688. The van der Waals surface area contributed by atoms with E-state index >= 15 is 0 Å². The predicted octanol–water partition coefficient (Wildman–Crippen LogP) is 5.19. The molecule has 0 spiro atoms. The molecule has 1 aliphatic heterocycles. The van der Waals surface area contributed by atoms with Gasteiger partial charge in [0, 0.05) is 24.3 Å². The Balaban J connectivity index is 1.68. The van der Waals surface area contributed by atoms with E-state index in [1.54, 1.807) is 0 Å². The Kier molecular flexibility index (Phi) is 6.32.